The number of pyridine rings is 1. The van der Waals surface area contributed by atoms with E-state index in [4.69, 9.17) is 5.10 Å². The second-order valence-corrected chi connectivity index (χ2v) is 10.2. The highest BCUT2D eigenvalue weighted by atomic mass is 32.1. The van der Waals surface area contributed by atoms with Crippen LogP contribution in [0, 0.1) is 0 Å². The number of benzene rings is 5. The second-order valence-electron chi connectivity index (χ2n) is 9.11. The molecule has 0 aliphatic carbocycles. The zero-order valence-corrected chi connectivity index (χ0v) is 20.0. The van der Waals surface area contributed by atoms with Gasteiger partial charge in [-0.05, 0) is 34.7 Å². The van der Waals surface area contributed by atoms with Crippen LogP contribution < -0.4 is 0 Å². The van der Waals surface area contributed by atoms with Gasteiger partial charge in [0.15, 0.2) is 11.5 Å². The monoisotopic (exact) mass is 477 g/mol. The van der Waals surface area contributed by atoms with E-state index in [1.165, 1.54) is 42.1 Å². The summed E-state index contributed by atoms with van der Waals surface area (Å²) in [5.74, 6) is 0.859. The molecule has 0 saturated carbocycles. The van der Waals surface area contributed by atoms with Crippen molar-refractivity contribution in [1.29, 1.82) is 0 Å². The van der Waals surface area contributed by atoms with Crippen LogP contribution in [0.2, 0.25) is 0 Å². The van der Waals surface area contributed by atoms with Crippen molar-refractivity contribution in [2.24, 2.45) is 0 Å². The van der Waals surface area contributed by atoms with Crippen molar-refractivity contribution in [2.45, 2.75) is 0 Å². The lowest BCUT2D eigenvalue weighted by atomic mass is 10.0. The van der Waals surface area contributed by atoms with Gasteiger partial charge >= 0.3 is 0 Å². The predicted octanol–water partition coefficient (Wildman–Crippen LogP) is 8.74. The average Bonchev–Trinajstić information content (AvgIpc) is 3.56. The molecule has 3 heterocycles. The SMILES string of the molecule is c1cc(-c2cccc3c2sc2ccccc23)cc(-c2nnc3c4ccccc4c4ccccc4n23)c1. The van der Waals surface area contributed by atoms with Gasteiger partial charge in [-0.1, -0.05) is 97.1 Å². The van der Waals surface area contributed by atoms with Crippen molar-refractivity contribution in [3.63, 3.8) is 0 Å². The topological polar surface area (TPSA) is 30.2 Å². The van der Waals surface area contributed by atoms with Crippen LogP contribution >= 0.6 is 11.3 Å². The molecule has 0 aliphatic rings. The van der Waals surface area contributed by atoms with E-state index in [2.05, 4.69) is 125 Å². The molecule has 0 aliphatic heterocycles. The lowest BCUT2D eigenvalue weighted by molar-refractivity contribution is 1.12. The van der Waals surface area contributed by atoms with Crippen molar-refractivity contribution in [1.82, 2.24) is 14.6 Å². The third-order valence-corrected chi connectivity index (χ3v) is 8.32. The molecule has 0 amide bonds. The molecular weight excluding hydrogens is 458 g/mol. The lowest BCUT2D eigenvalue weighted by Crippen LogP contribution is -1.94. The fourth-order valence-corrected chi connectivity index (χ4v) is 6.72. The Morgan fingerprint density at radius 2 is 1.22 bits per heavy atom. The Hall–Kier alpha value is -4.54. The van der Waals surface area contributed by atoms with Crippen LogP contribution in [-0.4, -0.2) is 14.6 Å². The van der Waals surface area contributed by atoms with Gasteiger partial charge in [-0.25, -0.2) is 0 Å². The molecule has 3 aromatic heterocycles. The van der Waals surface area contributed by atoms with E-state index in [0.29, 0.717) is 0 Å². The largest absolute Gasteiger partial charge is 0.274 e. The number of fused-ring (bicyclic) bond motifs is 9. The highest BCUT2D eigenvalue weighted by Gasteiger charge is 2.16. The van der Waals surface area contributed by atoms with E-state index in [1.807, 2.05) is 11.3 Å². The average molecular weight is 478 g/mol. The molecule has 8 aromatic rings. The number of aromatic nitrogens is 3. The van der Waals surface area contributed by atoms with Gasteiger partial charge in [0, 0.05) is 36.5 Å². The molecule has 0 spiro atoms. The Kier molecular flexibility index (Phi) is 4.10. The summed E-state index contributed by atoms with van der Waals surface area (Å²) in [6.07, 6.45) is 0. The van der Waals surface area contributed by atoms with Crippen LogP contribution in [-0.2, 0) is 0 Å². The van der Waals surface area contributed by atoms with Crippen LogP contribution in [0.25, 0.3) is 70.0 Å². The number of hydrogen-bond donors (Lipinski definition) is 0. The predicted molar refractivity (Wildman–Crippen MR) is 152 cm³/mol. The normalized spacial score (nSPS) is 11.9. The van der Waals surface area contributed by atoms with E-state index in [0.717, 1.165) is 27.9 Å². The summed E-state index contributed by atoms with van der Waals surface area (Å²) in [6, 6.07) is 40.9. The zero-order chi connectivity index (χ0) is 23.6. The third kappa shape index (κ3) is 2.73. The summed E-state index contributed by atoms with van der Waals surface area (Å²) in [7, 11) is 0. The first-order valence-electron chi connectivity index (χ1n) is 12.0. The summed E-state index contributed by atoms with van der Waals surface area (Å²) >= 11 is 1.86. The van der Waals surface area contributed by atoms with E-state index >= 15 is 0 Å². The first kappa shape index (κ1) is 19.7. The van der Waals surface area contributed by atoms with Crippen LogP contribution in [0.1, 0.15) is 0 Å². The molecule has 0 atom stereocenters. The maximum atomic E-state index is 4.71. The number of hydrogen-bond acceptors (Lipinski definition) is 3. The fraction of sp³-hybridized carbons (Fsp3) is 0. The van der Waals surface area contributed by atoms with Crippen LogP contribution in [0.3, 0.4) is 0 Å². The van der Waals surface area contributed by atoms with Crippen LogP contribution in [0.15, 0.2) is 115 Å². The second kappa shape index (κ2) is 7.48. The number of thiophene rings is 1. The Morgan fingerprint density at radius 3 is 2.14 bits per heavy atom. The van der Waals surface area contributed by atoms with Gasteiger partial charge in [0.25, 0.3) is 0 Å². The lowest BCUT2D eigenvalue weighted by Gasteiger charge is -2.10. The molecule has 36 heavy (non-hydrogen) atoms. The van der Waals surface area contributed by atoms with E-state index < -0.39 is 0 Å². The molecule has 8 rings (SSSR count). The van der Waals surface area contributed by atoms with Crippen molar-refractivity contribution in [2.75, 3.05) is 0 Å². The van der Waals surface area contributed by atoms with Crippen molar-refractivity contribution in [3.05, 3.63) is 115 Å². The van der Waals surface area contributed by atoms with Gasteiger partial charge in [-0.2, -0.15) is 0 Å². The maximum Gasteiger partial charge on any atom is 0.169 e. The quantitative estimate of drug-likeness (QED) is 0.233. The summed E-state index contributed by atoms with van der Waals surface area (Å²) in [4.78, 5) is 0. The molecule has 0 fully saturated rings. The zero-order valence-electron chi connectivity index (χ0n) is 19.2. The summed E-state index contributed by atoms with van der Waals surface area (Å²) in [5, 5.41) is 15.5. The molecule has 0 bridgehead atoms. The molecule has 0 radical (unpaired) electrons. The maximum absolute atomic E-state index is 4.71. The number of rotatable bonds is 2. The highest BCUT2D eigenvalue weighted by Crippen LogP contribution is 2.40. The van der Waals surface area contributed by atoms with Crippen LogP contribution in [0.5, 0.6) is 0 Å². The van der Waals surface area contributed by atoms with E-state index in [-0.39, 0.29) is 0 Å². The molecule has 3 nitrogen and oxygen atoms in total. The van der Waals surface area contributed by atoms with Crippen molar-refractivity contribution >= 4 is 58.8 Å². The van der Waals surface area contributed by atoms with Crippen molar-refractivity contribution < 1.29 is 0 Å². The number of nitrogens with zero attached hydrogens (tertiary/aromatic N) is 3. The Morgan fingerprint density at radius 1 is 0.528 bits per heavy atom. The number of para-hydroxylation sites is 1. The summed E-state index contributed by atoms with van der Waals surface area (Å²) < 4.78 is 4.84. The third-order valence-electron chi connectivity index (χ3n) is 7.10. The molecule has 0 saturated heterocycles. The minimum Gasteiger partial charge on any atom is -0.274 e. The molecular formula is C32H19N3S. The molecule has 5 aromatic carbocycles. The standard InChI is InChI=1S/C32H19N3S/c1-2-14-27-23(11-1)24-12-3-5-17-28(24)35-31(33-34-32(27)35)21-10-7-9-20(19-21)22-15-8-16-26-25-13-4-6-18-29(25)36-30(22)26/h1-19H. The van der Waals surface area contributed by atoms with Crippen molar-refractivity contribution in [3.8, 4) is 22.5 Å². The minimum atomic E-state index is 0.859. The van der Waals surface area contributed by atoms with Gasteiger partial charge in [-0.15, -0.1) is 21.5 Å². The fourth-order valence-electron chi connectivity index (χ4n) is 5.48. The van der Waals surface area contributed by atoms with Crippen LogP contribution in [0.4, 0.5) is 0 Å². The summed E-state index contributed by atoms with van der Waals surface area (Å²) in [6.45, 7) is 0. The first-order chi connectivity index (χ1) is 17.9. The minimum absolute atomic E-state index is 0.859. The first-order valence-corrected chi connectivity index (χ1v) is 12.8. The van der Waals surface area contributed by atoms with E-state index in [9.17, 15) is 0 Å². The molecule has 168 valence electrons. The summed E-state index contributed by atoms with van der Waals surface area (Å²) in [5.41, 5.74) is 5.49. The Labute approximate surface area is 210 Å². The van der Waals surface area contributed by atoms with Gasteiger partial charge < -0.3 is 0 Å². The van der Waals surface area contributed by atoms with Gasteiger partial charge in [-0.3, -0.25) is 4.40 Å². The Bertz CT molecular complexity index is 2120. The van der Waals surface area contributed by atoms with Gasteiger partial charge in [0.2, 0.25) is 0 Å². The van der Waals surface area contributed by atoms with Gasteiger partial charge in [0.05, 0.1) is 5.52 Å². The molecule has 0 N–H and O–H groups in total. The molecule has 0 unspecified atom stereocenters. The Balaban J connectivity index is 1.40. The highest BCUT2D eigenvalue weighted by molar-refractivity contribution is 7.26. The van der Waals surface area contributed by atoms with E-state index in [1.54, 1.807) is 0 Å². The smallest absolute Gasteiger partial charge is 0.169 e. The molecule has 4 heteroatoms. The van der Waals surface area contributed by atoms with Gasteiger partial charge in [0.1, 0.15) is 0 Å².